The van der Waals surface area contributed by atoms with Gasteiger partial charge in [0.2, 0.25) is 5.91 Å². The highest BCUT2D eigenvalue weighted by Crippen LogP contribution is 2.29. The van der Waals surface area contributed by atoms with Gasteiger partial charge in [0.15, 0.2) is 0 Å². The van der Waals surface area contributed by atoms with E-state index in [1.54, 1.807) is 6.07 Å². The fraction of sp³-hybridized carbons (Fsp3) is 0.387. The van der Waals surface area contributed by atoms with Gasteiger partial charge in [-0.15, -0.1) is 0 Å². The number of nitrogens with zero attached hydrogens (tertiary/aromatic N) is 2. The number of aryl methyl sites for hydroxylation is 3. The fourth-order valence-electron chi connectivity index (χ4n) is 5.50. The first-order valence-corrected chi connectivity index (χ1v) is 13.6. The number of β-amino-alcohol motifs (C(OH)–C–C–N with tert-alkyl or cyclic N) is 1. The Labute approximate surface area is 232 Å². The van der Waals surface area contributed by atoms with Crippen molar-refractivity contribution in [3.05, 3.63) is 81.0 Å². The van der Waals surface area contributed by atoms with Crippen LogP contribution in [0.5, 0.6) is 5.75 Å². The zero-order valence-electron chi connectivity index (χ0n) is 23.1. The minimum Gasteiger partial charge on any atom is -0.491 e. The quantitative estimate of drug-likeness (QED) is 0.303. The number of hydrogen-bond donors (Lipinski definition) is 2. The third-order valence-electron chi connectivity index (χ3n) is 7.82. The standard InChI is InChI=1S/C31H35N3O6/c1-18-26-9-8-25(38-17-24(35)16-34-12-10-23(11-13-34)30(32)36)15-28(26)39-31(37)27(18)14-21-4-6-22(7-5-21)29-19(2)33-40-20(29)3/h4-9,15,23-24,35H,10-14,16-17H2,1-3H3,(H2,32,36). The summed E-state index contributed by atoms with van der Waals surface area (Å²) < 4.78 is 16.8. The number of carbonyl (C=O) groups is 1. The Bertz CT molecular complexity index is 1550. The average Bonchev–Trinajstić information content (AvgIpc) is 3.28. The molecule has 1 saturated heterocycles. The van der Waals surface area contributed by atoms with Gasteiger partial charge in [0, 0.05) is 41.5 Å². The highest BCUT2D eigenvalue weighted by Gasteiger charge is 2.24. The number of aliphatic hydroxyl groups excluding tert-OH is 1. The van der Waals surface area contributed by atoms with E-state index in [2.05, 4.69) is 10.1 Å². The molecule has 1 unspecified atom stereocenters. The highest BCUT2D eigenvalue weighted by molar-refractivity contribution is 5.82. The third-order valence-corrected chi connectivity index (χ3v) is 7.82. The Kier molecular flexibility index (Phi) is 8.04. The van der Waals surface area contributed by atoms with Gasteiger partial charge in [-0.2, -0.15) is 0 Å². The molecule has 5 rings (SSSR count). The van der Waals surface area contributed by atoms with Crippen LogP contribution in [-0.2, 0) is 11.2 Å². The number of carbonyl (C=O) groups excluding carboxylic acids is 1. The number of piperidine rings is 1. The summed E-state index contributed by atoms with van der Waals surface area (Å²) in [5.41, 5.74) is 10.8. The fourth-order valence-corrected chi connectivity index (χ4v) is 5.50. The molecule has 3 heterocycles. The van der Waals surface area contributed by atoms with E-state index in [0.717, 1.165) is 52.2 Å². The van der Waals surface area contributed by atoms with Crippen LogP contribution < -0.4 is 16.1 Å². The highest BCUT2D eigenvalue weighted by atomic mass is 16.5. The number of rotatable bonds is 9. The van der Waals surface area contributed by atoms with Crippen LogP contribution in [0, 0.1) is 26.7 Å². The Morgan fingerprint density at radius 1 is 1.15 bits per heavy atom. The van der Waals surface area contributed by atoms with Gasteiger partial charge in [-0.3, -0.25) is 4.79 Å². The molecule has 4 aromatic rings. The van der Waals surface area contributed by atoms with E-state index >= 15 is 0 Å². The van der Waals surface area contributed by atoms with Crippen LogP contribution in [0.3, 0.4) is 0 Å². The van der Waals surface area contributed by atoms with Crippen LogP contribution in [0.15, 0.2) is 56.2 Å². The minimum atomic E-state index is -0.694. The summed E-state index contributed by atoms with van der Waals surface area (Å²) in [5.74, 6) is 0.956. The Balaban J connectivity index is 1.23. The predicted molar refractivity (Wildman–Crippen MR) is 151 cm³/mol. The molecule has 2 aromatic carbocycles. The molecule has 2 aromatic heterocycles. The average molecular weight is 546 g/mol. The van der Waals surface area contributed by atoms with Crippen molar-refractivity contribution in [2.24, 2.45) is 11.7 Å². The molecular formula is C31H35N3O6. The number of amides is 1. The SMILES string of the molecule is Cc1noc(C)c1-c1ccc(Cc2c(C)c3ccc(OCC(O)CN4CCC(C(N)=O)CC4)cc3oc2=O)cc1. The van der Waals surface area contributed by atoms with Gasteiger partial charge in [0.1, 0.15) is 29.8 Å². The van der Waals surface area contributed by atoms with Crippen molar-refractivity contribution in [1.82, 2.24) is 10.1 Å². The monoisotopic (exact) mass is 545 g/mol. The lowest BCUT2D eigenvalue weighted by Gasteiger charge is -2.31. The van der Waals surface area contributed by atoms with Gasteiger partial charge in [-0.1, -0.05) is 29.4 Å². The summed E-state index contributed by atoms with van der Waals surface area (Å²) in [6.45, 7) is 7.74. The molecule has 9 heteroatoms. The largest absolute Gasteiger partial charge is 0.491 e. The molecule has 1 fully saturated rings. The second-order valence-electron chi connectivity index (χ2n) is 10.7. The summed E-state index contributed by atoms with van der Waals surface area (Å²) in [7, 11) is 0. The number of fused-ring (bicyclic) bond motifs is 1. The number of primary amides is 1. The molecule has 3 N–H and O–H groups in total. The van der Waals surface area contributed by atoms with Gasteiger partial charge < -0.3 is 29.4 Å². The number of aliphatic hydroxyl groups is 1. The lowest BCUT2D eigenvalue weighted by molar-refractivity contribution is -0.123. The van der Waals surface area contributed by atoms with Crippen molar-refractivity contribution in [3.63, 3.8) is 0 Å². The van der Waals surface area contributed by atoms with E-state index in [-0.39, 0.29) is 24.1 Å². The maximum absolute atomic E-state index is 13.0. The summed E-state index contributed by atoms with van der Waals surface area (Å²) in [5, 5.41) is 15.3. The van der Waals surface area contributed by atoms with Gasteiger partial charge in [0.25, 0.3) is 0 Å². The van der Waals surface area contributed by atoms with Gasteiger partial charge in [-0.05, 0) is 75.5 Å². The molecule has 1 aliphatic heterocycles. The zero-order chi connectivity index (χ0) is 28.4. The molecule has 40 heavy (non-hydrogen) atoms. The van der Waals surface area contributed by atoms with Crippen LogP contribution in [0.4, 0.5) is 0 Å². The van der Waals surface area contributed by atoms with E-state index in [4.69, 9.17) is 19.4 Å². The van der Waals surface area contributed by atoms with E-state index in [1.807, 2.05) is 57.2 Å². The first-order valence-electron chi connectivity index (χ1n) is 13.6. The molecule has 0 bridgehead atoms. The molecule has 0 spiro atoms. The second-order valence-corrected chi connectivity index (χ2v) is 10.7. The molecule has 0 saturated carbocycles. The van der Waals surface area contributed by atoms with Gasteiger partial charge in [-0.25, -0.2) is 4.79 Å². The molecule has 0 radical (unpaired) electrons. The van der Waals surface area contributed by atoms with Crippen molar-refractivity contribution in [2.45, 2.75) is 46.1 Å². The van der Waals surface area contributed by atoms with Crippen molar-refractivity contribution in [3.8, 4) is 16.9 Å². The zero-order valence-corrected chi connectivity index (χ0v) is 23.1. The van der Waals surface area contributed by atoms with Crippen LogP contribution in [0.2, 0.25) is 0 Å². The molecule has 1 amide bonds. The van der Waals surface area contributed by atoms with E-state index in [9.17, 15) is 14.7 Å². The number of benzene rings is 2. The van der Waals surface area contributed by atoms with Crippen LogP contribution in [-0.4, -0.2) is 53.4 Å². The first kappa shape index (κ1) is 27.6. The number of hydrogen-bond acceptors (Lipinski definition) is 8. The van der Waals surface area contributed by atoms with Crippen LogP contribution in [0.25, 0.3) is 22.1 Å². The Morgan fingerprint density at radius 3 is 2.52 bits per heavy atom. The smallest absolute Gasteiger partial charge is 0.340 e. The summed E-state index contributed by atoms with van der Waals surface area (Å²) in [4.78, 5) is 26.4. The number of ether oxygens (including phenoxy) is 1. The van der Waals surface area contributed by atoms with E-state index < -0.39 is 6.10 Å². The molecule has 9 nitrogen and oxygen atoms in total. The summed E-state index contributed by atoms with van der Waals surface area (Å²) in [6, 6.07) is 13.4. The number of likely N-dealkylation sites (tertiary alicyclic amines) is 1. The topological polar surface area (TPSA) is 132 Å². The molecule has 1 atom stereocenters. The van der Waals surface area contributed by atoms with Crippen LogP contribution in [0.1, 0.15) is 41.0 Å². The van der Waals surface area contributed by atoms with E-state index in [0.29, 0.717) is 42.7 Å². The lowest BCUT2D eigenvalue weighted by atomic mass is 9.96. The van der Waals surface area contributed by atoms with Crippen molar-refractivity contribution < 1.29 is 23.6 Å². The van der Waals surface area contributed by atoms with Crippen molar-refractivity contribution in [2.75, 3.05) is 26.2 Å². The predicted octanol–water partition coefficient (Wildman–Crippen LogP) is 3.90. The molecule has 1 aliphatic rings. The molecular weight excluding hydrogens is 510 g/mol. The third kappa shape index (κ3) is 5.95. The summed E-state index contributed by atoms with van der Waals surface area (Å²) in [6.07, 6.45) is 1.18. The lowest BCUT2D eigenvalue weighted by Crippen LogP contribution is -2.43. The van der Waals surface area contributed by atoms with Crippen molar-refractivity contribution >= 4 is 16.9 Å². The first-order chi connectivity index (χ1) is 19.2. The van der Waals surface area contributed by atoms with Crippen LogP contribution >= 0.6 is 0 Å². The van der Waals surface area contributed by atoms with E-state index in [1.165, 1.54) is 0 Å². The molecule has 0 aliphatic carbocycles. The number of aromatic nitrogens is 1. The van der Waals surface area contributed by atoms with Gasteiger partial charge >= 0.3 is 5.63 Å². The summed E-state index contributed by atoms with van der Waals surface area (Å²) >= 11 is 0. The van der Waals surface area contributed by atoms with Gasteiger partial charge in [0.05, 0.1) is 5.69 Å². The Hall–Kier alpha value is -3.95. The molecule has 210 valence electrons. The normalized spacial score (nSPS) is 15.4. The minimum absolute atomic E-state index is 0.0829. The van der Waals surface area contributed by atoms with Crippen molar-refractivity contribution in [1.29, 1.82) is 0 Å². The second kappa shape index (κ2) is 11.7. The maximum atomic E-state index is 13.0. The maximum Gasteiger partial charge on any atom is 0.340 e. The Morgan fingerprint density at radius 2 is 1.88 bits per heavy atom. The number of nitrogens with two attached hydrogens (primary N) is 1.